The molecule has 1 aromatic carbocycles. The fraction of sp³-hybridized carbons (Fsp3) is 0.267. The second kappa shape index (κ2) is 6.44. The lowest BCUT2D eigenvalue weighted by Crippen LogP contribution is -1.97. The summed E-state index contributed by atoms with van der Waals surface area (Å²) in [6.45, 7) is 3.84. The summed E-state index contributed by atoms with van der Waals surface area (Å²) in [6.07, 6.45) is 0. The molecule has 0 fully saturated rings. The van der Waals surface area contributed by atoms with Gasteiger partial charge < -0.3 is 4.74 Å². The van der Waals surface area contributed by atoms with Gasteiger partial charge in [0.25, 0.3) is 11.5 Å². The third-order valence-corrected chi connectivity index (χ3v) is 4.32. The van der Waals surface area contributed by atoms with Crippen LogP contribution in [-0.4, -0.2) is 31.6 Å². The summed E-state index contributed by atoms with van der Waals surface area (Å²) < 4.78 is 6.95. The Labute approximate surface area is 142 Å². The summed E-state index contributed by atoms with van der Waals surface area (Å²) in [5, 5.41) is 15.9. The number of methoxy groups -OCH3 is 1. The molecule has 2 aromatic heterocycles. The van der Waals surface area contributed by atoms with Gasteiger partial charge in [0.2, 0.25) is 5.16 Å². The number of aromatic nitrogens is 4. The summed E-state index contributed by atoms with van der Waals surface area (Å²) in [4.78, 5) is 19.2. The summed E-state index contributed by atoms with van der Waals surface area (Å²) in [7, 11) is 1.54. The summed E-state index contributed by atoms with van der Waals surface area (Å²) >= 11 is 1.38. The Morgan fingerprint density at radius 1 is 1.29 bits per heavy atom. The van der Waals surface area contributed by atoms with Crippen molar-refractivity contribution in [3.05, 3.63) is 51.3 Å². The minimum atomic E-state index is -0.424. The average Bonchev–Trinajstić information content (AvgIpc) is 2.95. The van der Waals surface area contributed by atoms with E-state index in [9.17, 15) is 10.1 Å². The maximum absolute atomic E-state index is 10.9. The number of fused-ring (bicyclic) bond motifs is 1. The lowest BCUT2D eigenvalue weighted by atomic mass is 10.2. The number of hydrogen-bond donors (Lipinski definition) is 0. The highest BCUT2D eigenvalue weighted by Gasteiger charge is 2.14. The van der Waals surface area contributed by atoms with Gasteiger partial charge in [-0.3, -0.25) is 10.1 Å². The van der Waals surface area contributed by atoms with Crippen LogP contribution >= 0.6 is 11.8 Å². The lowest BCUT2D eigenvalue weighted by Gasteiger charge is -2.06. The van der Waals surface area contributed by atoms with E-state index in [4.69, 9.17) is 4.74 Å². The zero-order valence-corrected chi connectivity index (χ0v) is 14.2. The Hall–Kier alpha value is -2.68. The summed E-state index contributed by atoms with van der Waals surface area (Å²) in [5.41, 5.74) is 2.58. The molecule has 3 rings (SSSR count). The van der Waals surface area contributed by atoms with Crippen LogP contribution in [0.3, 0.4) is 0 Å². The number of benzene rings is 1. The van der Waals surface area contributed by atoms with Crippen molar-refractivity contribution in [1.82, 2.24) is 19.6 Å². The van der Waals surface area contributed by atoms with Crippen LogP contribution < -0.4 is 4.74 Å². The van der Waals surface area contributed by atoms with Gasteiger partial charge in [-0.05, 0) is 26.0 Å². The fourth-order valence-corrected chi connectivity index (χ4v) is 3.14. The number of nitro groups is 1. The molecule has 0 radical (unpaired) electrons. The highest BCUT2D eigenvalue weighted by molar-refractivity contribution is 7.98. The number of nitrogens with zero attached hydrogens (tertiary/aromatic N) is 5. The molecule has 0 amide bonds. The van der Waals surface area contributed by atoms with Gasteiger partial charge in [0, 0.05) is 34.8 Å². The van der Waals surface area contributed by atoms with E-state index in [-0.39, 0.29) is 5.69 Å². The van der Waals surface area contributed by atoms with Gasteiger partial charge in [0.05, 0.1) is 12.0 Å². The number of hydrogen-bond acceptors (Lipinski definition) is 7. The SMILES string of the molecule is COc1ccc([N+](=O)[O-])cc1CSc1nc2nc(C)cc(C)n2n1. The third kappa shape index (κ3) is 3.16. The van der Waals surface area contributed by atoms with Crippen LogP contribution in [-0.2, 0) is 5.75 Å². The standard InChI is InChI=1S/C15H15N5O3S/c1-9-6-10(2)19-14(16-9)17-15(18-19)24-8-11-7-12(20(21)22)4-5-13(11)23-3/h4-7H,8H2,1-3H3. The van der Waals surface area contributed by atoms with E-state index in [0.717, 1.165) is 17.0 Å². The van der Waals surface area contributed by atoms with Gasteiger partial charge in [0.15, 0.2) is 0 Å². The topological polar surface area (TPSA) is 95.5 Å². The molecule has 0 saturated carbocycles. The van der Waals surface area contributed by atoms with Crippen LogP contribution in [0.4, 0.5) is 5.69 Å². The molecule has 0 atom stereocenters. The van der Waals surface area contributed by atoms with Gasteiger partial charge in [-0.25, -0.2) is 9.50 Å². The maximum atomic E-state index is 10.9. The van der Waals surface area contributed by atoms with Crippen molar-refractivity contribution < 1.29 is 9.66 Å². The predicted octanol–water partition coefficient (Wildman–Crippen LogP) is 2.95. The fourth-order valence-electron chi connectivity index (χ4n) is 2.34. The molecular weight excluding hydrogens is 330 g/mol. The van der Waals surface area contributed by atoms with Crippen molar-refractivity contribution in [1.29, 1.82) is 0 Å². The number of aryl methyl sites for hydroxylation is 2. The van der Waals surface area contributed by atoms with Crippen LogP contribution in [0.15, 0.2) is 29.4 Å². The Kier molecular flexibility index (Phi) is 4.34. The van der Waals surface area contributed by atoms with E-state index < -0.39 is 4.92 Å². The first kappa shape index (κ1) is 16.2. The molecule has 3 aromatic rings. The molecule has 24 heavy (non-hydrogen) atoms. The van der Waals surface area contributed by atoms with Crippen molar-refractivity contribution in [2.24, 2.45) is 0 Å². The van der Waals surface area contributed by atoms with Crippen molar-refractivity contribution in [3.8, 4) is 5.75 Å². The molecular formula is C15H15N5O3S. The van der Waals surface area contributed by atoms with Crippen molar-refractivity contribution >= 4 is 23.2 Å². The number of ether oxygens (including phenoxy) is 1. The molecule has 0 N–H and O–H groups in total. The van der Waals surface area contributed by atoms with Crippen LogP contribution in [0, 0.1) is 24.0 Å². The normalized spacial score (nSPS) is 11.0. The molecule has 0 aliphatic heterocycles. The quantitative estimate of drug-likeness (QED) is 0.398. The number of nitro benzene ring substituents is 1. The van der Waals surface area contributed by atoms with Crippen molar-refractivity contribution in [3.63, 3.8) is 0 Å². The first-order valence-corrected chi connectivity index (χ1v) is 8.11. The van der Waals surface area contributed by atoms with Gasteiger partial charge >= 0.3 is 0 Å². The second-order valence-corrected chi connectivity index (χ2v) is 6.13. The third-order valence-electron chi connectivity index (χ3n) is 3.43. The molecule has 0 unspecified atom stereocenters. The Balaban J connectivity index is 1.86. The molecule has 8 nitrogen and oxygen atoms in total. The zero-order valence-electron chi connectivity index (χ0n) is 13.4. The molecule has 0 saturated heterocycles. The highest BCUT2D eigenvalue weighted by Crippen LogP contribution is 2.29. The van der Waals surface area contributed by atoms with Crippen LogP contribution in [0.5, 0.6) is 5.75 Å². The van der Waals surface area contributed by atoms with E-state index in [1.54, 1.807) is 10.6 Å². The predicted molar refractivity (Wildman–Crippen MR) is 89.5 cm³/mol. The van der Waals surface area contributed by atoms with Crippen LogP contribution in [0.25, 0.3) is 5.78 Å². The average molecular weight is 345 g/mol. The highest BCUT2D eigenvalue weighted by atomic mass is 32.2. The first-order chi connectivity index (χ1) is 11.5. The monoisotopic (exact) mass is 345 g/mol. The second-order valence-electron chi connectivity index (χ2n) is 5.19. The number of rotatable bonds is 5. The first-order valence-electron chi connectivity index (χ1n) is 7.13. The molecule has 124 valence electrons. The maximum Gasteiger partial charge on any atom is 0.270 e. The van der Waals surface area contributed by atoms with E-state index in [2.05, 4.69) is 15.1 Å². The van der Waals surface area contributed by atoms with Crippen molar-refractivity contribution in [2.75, 3.05) is 7.11 Å². The molecule has 0 bridgehead atoms. The Morgan fingerprint density at radius 2 is 2.08 bits per heavy atom. The minimum Gasteiger partial charge on any atom is -0.496 e. The molecule has 0 spiro atoms. The van der Waals surface area contributed by atoms with Gasteiger partial charge in [-0.2, -0.15) is 4.98 Å². The van der Waals surface area contributed by atoms with Crippen LogP contribution in [0.1, 0.15) is 17.0 Å². The van der Waals surface area contributed by atoms with Gasteiger partial charge in [0.1, 0.15) is 5.75 Å². The van der Waals surface area contributed by atoms with E-state index in [1.165, 1.54) is 31.0 Å². The molecule has 0 aliphatic rings. The largest absolute Gasteiger partial charge is 0.496 e. The van der Waals surface area contributed by atoms with Gasteiger partial charge in [-0.1, -0.05) is 11.8 Å². The van der Waals surface area contributed by atoms with Crippen molar-refractivity contribution in [2.45, 2.75) is 24.8 Å². The molecule has 2 heterocycles. The zero-order chi connectivity index (χ0) is 17.3. The van der Waals surface area contributed by atoms with Gasteiger partial charge in [-0.15, -0.1) is 5.10 Å². The van der Waals surface area contributed by atoms with E-state index >= 15 is 0 Å². The number of thioether (sulfide) groups is 1. The lowest BCUT2D eigenvalue weighted by molar-refractivity contribution is -0.384. The summed E-state index contributed by atoms with van der Waals surface area (Å²) in [5.74, 6) is 1.60. The molecule has 9 heteroatoms. The molecule has 0 aliphatic carbocycles. The van der Waals surface area contributed by atoms with E-state index in [1.807, 2.05) is 19.9 Å². The smallest absolute Gasteiger partial charge is 0.270 e. The minimum absolute atomic E-state index is 0.0301. The number of non-ortho nitro benzene ring substituents is 1. The van der Waals surface area contributed by atoms with Crippen LogP contribution in [0.2, 0.25) is 0 Å². The Morgan fingerprint density at radius 3 is 2.79 bits per heavy atom. The Bertz CT molecular complexity index is 925. The summed E-state index contributed by atoms with van der Waals surface area (Å²) in [6, 6.07) is 6.46. The van der Waals surface area contributed by atoms with E-state index in [0.29, 0.717) is 22.4 Å².